The molecule has 3 rings (SSSR count). The van der Waals surface area contributed by atoms with Crippen molar-refractivity contribution >= 4 is 21.9 Å². The van der Waals surface area contributed by atoms with Gasteiger partial charge >= 0.3 is 0 Å². The maximum absolute atomic E-state index is 13.3. The highest BCUT2D eigenvalue weighted by Gasteiger charge is 2.19. The fraction of sp³-hybridized carbons (Fsp3) is 0.308. The Labute approximate surface area is 113 Å². The number of nitrogens with one attached hydrogen (secondary N) is 1. The first-order chi connectivity index (χ1) is 8.66. The lowest BCUT2D eigenvalue weighted by Gasteiger charge is -2.15. The number of benzene rings is 1. The number of imidazole rings is 1. The van der Waals surface area contributed by atoms with E-state index in [1.165, 1.54) is 6.07 Å². The summed E-state index contributed by atoms with van der Waals surface area (Å²) in [6.07, 6.45) is 1.09. The molecular formula is C13H13BrFN3. The largest absolute Gasteiger partial charge is 0.356 e. The Kier molecular flexibility index (Phi) is 2.86. The number of rotatable bonds is 1. The van der Waals surface area contributed by atoms with Gasteiger partial charge in [-0.2, -0.15) is 0 Å². The molecule has 0 amide bonds. The van der Waals surface area contributed by atoms with Crippen LogP contribution in [-0.2, 0) is 6.54 Å². The summed E-state index contributed by atoms with van der Waals surface area (Å²) < 4.78 is 16.4. The van der Waals surface area contributed by atoms with Crippen molar-refractivity contribution in [2.24, 2.45) is 0 Å². The monoisotopic (exact) mass is 309 g/mol. The third-order valence-electron chi connectivity index (χ3n) is 3.18. The maximum Gasteiger partial charge on any atom is 0.204 e. The average molecular weight is 310 g/mol. The lowest BCUT2D eigenvalue weighted by molar-refractivity contribution is 0.618. The summed E-state index contributed by atoms with van der Waals surface area (Å²) in [5.74, 6) is 0.696. The zero-order valence-electron chi connectivity index (χ0n) is 10.0. The molecule has 0 aliphatic carbocycles. The zero-order valence-corrected chi connectivity index (χ0v) is 11.6. The van der Waals surface area contributed by atoms with E-state index in [0.717, 1.165) is 41.3 Å². The molecule has 18 heavy (non-hydrogen) atoms. The SMILES string of the molecule is Cc1cc(-c2nc3n(c2Br)CCCN3)ccc1F. The molecule has 3 nitrogen and oxygen atoms in total. The van der Waals surface area contributed by atoms with E-state index in [-0.39, 0.29) is 5.82 Å². The second-order valence-electron chi connectivity index (χ2n) is 4.47. The number of anilines is 1. The molecule has 0 saturated carbocycles. The molecule has 0 radical (unpaired) electrons. The molecule has 0 unspecified atom stereocenters. The van der Waals surface area contributed by atoms with E-state index in [4.69, 9.17) is 0 Å². The summed E-state index contributed by atoms with van der Waals surface area (Å²) in [7, 11) is 0. The van der Waals surface area contributed by atoms with Gasteiger partial charge in [0.05, 0.1) is 0 Å². The van der Waals surface area contributed by atoms with Crippen LogP contribution in [0.3, 0.4) is 0 Å². The van der Waals surface area contributed by atoms with Crippen LogP contribution in [0.1, 0.15) is 12.0 Å². The number of hydrogen-bond donors (Lipinski definition) is 1. The molecule has 0 bridgehead atoms. The topological polar surface area (TPSA) is 29.9 Å². The van der Waals surface area contributed by atoms with Gasteiger partial charge in [-0.05, 0) is 53.0 Å². The molecule has 2 heterocycles. The Bertz CT molecular complexity index is 607. The van der Waals surface area contributed by atoms with Gasteiger partial charge in [0.1, 0.15) is 16.1 Å². The van der Waals surface area contributed by atoms with Crippen LogP contribution in [0.5, 0.6) is 0 Å². The second-order valence-corrected chi connectivity index (χ2v) is 5.22. The smallest absolute Gasteiger partial charge is 0.204 e. The number of aryl methyl sites for hydroxylation is 1. The van der Waals surface area contributed by atoms with Crippen molar-refractivity contribution in [3.05, 3.63) is 34.2 Å². The highest BCUT2D eigenvalue weighted by molar-refractivity contribution is 9.10. The van der Waals surface area contributed by atoms with Crippen LogP contribution in [0.2, 0.25) is 0 Å². The van der Waals surface area contributed by atoms with Gasteiger partial charge in [0.2, 0.25) is 5.95 Å². The van der Waals surface area contributed by atoms with Gasteiger partial charge in [-0.25, -0.2) is 9.37 Å². The van der Waals surface area contributed by atoms with Crippen molar-refractivity contribution in [2.45, 2.75) is 19.9 Å². The predicted molar refractivity (Wildman–Crippen MR) is 73.2 cm³/mol. The van der Waals surface area contributed by atoms with Gasteiger partial charge in [0.25, 0.3) is 0 Å². The van der Waals surface area contributed by atoms with Gasteiger partial charge in [0.15, 0.2) is 0 Å². The normalized spacial score (nSPS) is 14.2. The predicted octanol–water partition coefficient (Wildman–Crippen LogP) is 3.58. The average Bonchev–Trinajstić information content (AvgIpc) is 2.71. The lowest BCUT2D eigenvalue weighted by atomic mass is 10.1. The van der Waals surface area contributed by atoms with Crippen LogP contribution in [0.25, 0.3) is 11.3 Å². The van der Waals surface area contributed by atoms with Crippen molar-refractivity contribution in [3.8, 4) is 11.3 Å². The third kappa shape index (κ3) is 1.82. The van der Waals surface area contributed by atoms with Crippen LogP contribution >= 0.6 is 15.9 Å². The molecule has 1 aliphatic rings. The van der Waals surface area contributed by atoms with E-state index in [1.807, 2.05) is 6.07 Å². The van der Waals surface area contributed by atoms with Crippen LogP contribution in [0, 0.1) is 12.7 Å². The molecule has 0 atom stereocenters. The summed E-state index contributed by atoms with van der Waals surface area (Å²) in [5, 5.41) is 3.27. The number of hydrogen-bond acceptors (Lipinski definition) is 2. The summed E-state index contributed by atoms with van der Waals surface area (Å²) in [4.78, 5) is 4.57. The van der Waals surface area contributed by atoms with Gasteiger partial charge < -0.3 is 9.88 Å². The first kappa shape index (κ1) is 11.7. The van der Waals surface area contributed by atoms with Crippen LogP contribution in [0.4, 0.5) is 10.3 Å². The van der Waals surface area contributed by atoms with Gasteiger partial charge in [-0.15, -0.1) is 0 Å². The molecule has 5 heteroatoms. The number of nitrogens with zero attached hydrogens (tertiary/aromatic N) is 2. The minimum absolute atomic E-state index is 0.183. The lowest BCUT2D eigenvalue weighted by Crippen LogP contribution is -2.17. The highest BCUT2D eigenvalue weighted by Crippen LogP contribution is 2.33. The van der Waals surface area contributed by atoms with Gasteiger partial charge in [-0.1, -0.05) is 0 Å². The second kappa shape index (κ2) is 4.39. The van der Waals surface area contributed by atoms with E-state index in [1.54, 1.807) is 13.0 Å². The molecule has 94 valence electrons. The van der Waals surface area contributed by atoms with Crippen molar-refractivity contribution in [3.63, 3.8) is 0 Å². The molecule has 1 aliphatic heterocycles. The molecule has 1 aromatic carbocycles. The molecule has 0 fully saturated rings. The van der Waals surface area contributed by atoms with Crippen molar-refractivity contribution in [1.29, 1.82) is 0 Å². The molecular weight excluding hydrogens is 297 g/mol. The maximum atomic E-state index is 13.3. The zero-order chi connectivity index (χ0) is 12.7. The van der Waals surface area contributed by atoms with E-state index in [9.17, 15) is 4.39 Å². The molecule has 1 N–H and O–H groups in total. The Hall–Kier alpha value is -1.36. The van der Waals surface area contributed by atoms with E-state index in [2.05, 4.69) is 30.8 Å². The van der Waals surface area contributed by atoms with Crippen LogP contribution in [-0.4, -0.2) is 16.1 Å². The summed E-state index contributed by atoms with van der Waals surface area (Å²) >= 11 is 3.58. The standard InChI is InChI=1S/C13H13BrFN3/c1-8-7-9(3-4-10(8)15)11-12(14)18-6-2-5-16-13(18)17-11/h3-4,7H,2,5-6H2,1H3,(H,16,17). The Balaban J connectivity index is 2.11. The van der Waals surface area contributed by atoms with E-state index in [0.29, 0.717) is 5.56 Å². The fourth-order valence-corrected chi connectivity index (χ4v) is 2.85. The van der Waals surface area contributed by atoms with E-state index >= 15 is 0 Å². The minimum atomic E-state index is -0.183. The number of aromatic nitrogens is 2. The van der Waals surface area contributed by atoms with E-state index < -0.39 is 0 Å². The number of halogens is 2. The number of fused-ring (bicyclic) bond motifs is 1. The fourth-order valence-electron chi connectivity index (χ4n) is 2.19. The van der Waals surface area contributed by atoms with Crippen LogP contribution in [0.15, 0.2) is 22.8 Å². The molecule has 1 aromatic heterocycles. The Morgan fingerprint density at radius 3 is 3.00 bits per heavy atom. The van der Waals surface area contributed by atoms with Crippen molar-refractivity contribution < 1.29 is 4.39 Å². The first-order valence-electron chi connectivity index (χ1n) is 5.93. The molecule has 0 saturated heterocycles. The van der Waals surface area contributed by atoms with Crippen molar-refractivity contribution in [2.75, 3.05) is 11.9 Å². The quantitative estimate of drug-likeness (QED) is 0.872. The molecule has 2 aromatic rings. The van der Waals surface area contributed by atoms with Gasteiger partial charge in [-0.3, -0.25) is 0 Å². The third-order valence-corrected chi connectivity index (χ3v) is 3.98. The first-order valence-corrected chi connectivity index (χ1v) is 6.72. The summed E-state index contributed by atoms with van der Waals surface area (Å²) in [6, 6.07) is 5.08. The van der Waals surface area contributed by atoms with Crippen LogP contribution < -0.4 is 5.32 Å². The summed E-state index contributed by atoms with van der Waals surface area (Å²) in [5.41, 5.74) is 2.44. The Morgan fingerprint density at radius 2 is 2.28 bits per heavy atom. The molecule has 0 spiro atoms. The Morgan fingerprint density at radius 1 is 1.44 bits per heavy atom. The summed E-state index contributed by atoms with van der Waals surface area (Å²) in [6.45, 7) is 3.67. The van der Waals surface area contributed by atoms with Crippen molar-refractivity contribution in [1.82, 2.24) is 9.55 Å². The minimum Gasteiger partial charge on any atom is -0.356 e. The van der Waals surface area contributed by atoms with Gasteiger partial charge in [0, 0.05) is 18.7 Å². The highest BCUT2D eigenvalue weighted by atomic mass is 79.9.